The van der Waals surface area contributed by atoms with Crippen LogP contribution in [-0.2, 0) is 19.9 Å². The van der Waals surface area contributed by atoms with Crippen LogP contribution in [-0.4, -0.2) is 28.6 Å². The van der Waals surface area contributed by atoms with E-state index in [1.807, 2.05) is 0 Å². The fourth-order valence-corrected chi connectivity index (χ4v) is 4.19. The van der Waals surface area contributed by atoms with Crippen molar-refractivity contribution in [3.05, 3.63) is 41.6 Å². The van der Waals surface area contributed by atoms with Crippen LogP contribution < -0.4 is 4.72 Å². The molecular formula is C10H10FNO4S2. The van der Waals surface area contributed by atoms with E-state index in [0.29, 0.717) is 0 Å². The highest BCUT2D eigenvalue weighted by Crippen LogP contribution is 2.16. The largest absolute Gasteiger partial charge is 0.244 e. The van der Waals surface area contributed by atoms with Crippen LogP contribution in [0.5, 0.6) is 0 Å². The van der Waals surface area contributed by atoms with Gasteiger partial charge in [0.15, 0.2) is 9.84 Å². The summed E-state index contributed by atoms with van der Waals surface area (Å²) in [6.07, 6.45) is 1.23. The Labute approximate surface area is 104 Å². The van der Waals surface area contributed by atoms with Crippen molar-refractivity contribution >= 4 is 19.9 Å². The second-order valence-electron chi connectivity index (χ2n) is 3.82. The Morgan fingerprint density at radius 3 is 2.50 bits per heavy atom. The number of sulfonamides is 1. The molecule has 0 fully saturated rings. The van der Waals surface area contributed by atoms with Crippen molar-refractivity contribution in [1.82, 2.24) is 4.72 Å². The van der Waals surface area contributed by atoms with Gasteiger partial charge in [-0.3, -0.25) is 0 Å². The molecule has 2 rings (SSSR count). The number of halogens is 1. The van der Waals surface area contributed by atoms with Gasteiger partial charge in [0.05, 0.1) is 11.8 Å². The van der Waals surface area contributed by atoms with E-state index in [1.54, 1.807) is 0 Å². The summed E-state index contributed by atoms with van der Waals surface area (Å²) in [5.41, 5.74) is 0. The van der Waals surface area contributed by atoms with Gasteiger partial charge < -0.3 is 0 Å². The standard InChI is InChI=1S/C10H10FNO4S2/c11-9-3-1-2-4-10(9)18(15,16)12-8-5-6-17(13,14)7-8/h1-6,8,12H,7H2. The van der Waals surface area contributed by atoms with E-state index >= 15 is 0 Å². The van der Waals surface area contributed by atoms with Crippen molar-refractivity contribution in [1.29, 1.82) is 0 Å². The molecule has 0 aromatic heterocycles. The Morgan fingerprint density at radius 1 is 1.28 bits per heavy atom. The minimum atomic E-state index is -4.07. The summed E-state index contributed by atoms with van der Waals surface area (Å²) in [6.45, 7) is 0. The van der Waals surface area contributed by atoms with Crippen LogP contribution in [0, 0.1) is 5.82 Å². The number of nitrogens with one attached hydrogen (secondary N) is 1. The lowest BCUT2D eigenvalue weighted by molar-refractivity contribution is 0.553. The fraction of sp³-hybridized carbons (Fsp3) is 0.200. The van der Waals surface area contributed by atoms with Gasteiger partial charge in [0.2, 0.25) is 10.0 Å². The van der Waals surface area contributed by atoms with Gasteiger partial charge in [0, 0.05) is 5.41 Å². The van der Waals surface area contributed by atoms with Gasteiger partial charge in [0.25, 0.3) is 0 Å². The van der Waals surface area contributed by atoms with Gasteiger partial charge in [0.1, 0.15) is 10.7 Å². The third-order valence-corrected chi connectivity index (χ3v) is 5.28. The zero-order chi connectivity index (χ0) is 13.4. The molecule has 18 heavy (non-hydrogen) atoms. The Balaban J connectivity index is 2.25. The molecule has 1 atom stereocenters. The monoisotopic (exact) mass is 291 g/mol. The summed E-state index contributed by atoms with van der Waals surface area (Å²) in [7, 11) is -7.43. The van der Waals surface area contributed by atoms with Crippen molar-refractivity contribution < 1.29 is 21.2 Å². The second-order valence-corrected chi connectivity index (χ2v) is 7.43. The average Bonchev–Trinajstić information content (AvgIpc) is 2.57. The molecule has 1 aliphatic rings. The maximum atomic E-state index is 13.4. The molecule has 0 saturated carbocycles. The molecule has 1 unspecified atom stereocenters. The van der Waals surface area contributed by atoms with Crippen molar-refractivity contribution in [3.8, 4) is 0 Å². The zero-order valence-corrected chi connectivity index (χ0v) is 10.7. The molecule has 1 heterocycles. The van der Waals surface area contributed by atoms with Crippen LogP contribution in [0.2, 0.25) is 0 Å². The highest BCUT2D eigenvalue weighted by atomic mass is 32.2. The first-order valence-electron chi connectivity index (χ1n) is 4.98. The van der Waals surface area contributed by atoms with E-state index in [0.717, 1.165) is 17.5 Å². The predicted octanol–water partition coefficient (Wildman–Crippen LogP) is 0.415. The number of rotatable bonds is 3. The van der Waals surface area contributed by atoms with Crippen molar-refractivity contribution in [2.45, 2.75) is 10.9 Å². The molecule has 0 amide bonds. The molecule has 0 saturated heterocycles. The molecule has 98 valence electrons. The summed E-state index contributed by atoms with van der Waals surface area (Å²) >= 11 is 0. The SMILES string of the molecule is O=S1(=O)C=CC(NS(=O)(=O)c2ccccc2F)C1. The molecule has 0 aliphatic carbocycles. The first-order valence-corrected chi connectivity index (χ1v) is 8.18. The number of hydrogen-bond donors (Lipinski definition) is 1. The molecule has 8 heteroatoms. The summed E-state index contributed by atoms with van der Waals surface area (Å²) in [5, 5.41) is 0.946. The topological polar surface area (TPSA) is 80.3 Å². The Kier molecular flexibility index (Phi) is 3.26. The summed E-state index contributed by atoms with van der Waals surface area (Å²) in [5.74, 6) is -1.23. The summed E-state index contributed by atoms with van der Waals surface area (Å²) < 4.78 is 61.4. The van der Waals surface area contributed by atoms with E-state index in [-0.39, 0.29) is 5.75 Å². The quantitative estimate of drug-likeness (QED) is 0.875. The maximum absolute atomic E-state index is 13.4. The Bertz CT molecular complexity index is 694. The molecular weight excluding hydrogens is 281 g/mol. The van der Waals surface area contributed by atoms with Crippen LogP contribution in [0.4, 0.5) is 4.39 Å². The van der Waals surface area contributed by atoms with Gasteiger partial charge in [-0.15, -0.1) is 0 Å². The van der Waals surface area contributed by atoms with Crippen LogP contribution in [0.15, 0.2) is 40.6 Å². The van der Waals surface area contributed by atoms with Crippen molar-refractivity contribution in [2.24, 2.45) is 0 Å². The van der Waals surface area contributed by atoms with Crippen molar-refractivity contribution in [3.63, 3.8) is 0 Å². The molecule has 1 aromatic rings. The van der Waals surface area contributed by atoms with Crippen molar-refractivity contribution in [2.75, 3.05) is 5.75 Å². The lowest BCUT2D eigenvalue weighted by Crippen LogP contribution is -2.35. The molecule has 0 radical (unpaired) electrons. The van der Waals surface area contributed by atoms with Crippen LogP contribution in [0.1, 0.15) is 0 Å². The normalized spacial score (nSPS) is 22.2. The first-order chi connectivity index (χ1) is 8.30. The highest BCUT2D eigenvalue weighted by Gasteiger charge is 2.27. The predicted molar refractivity (Wildman–Crippen MR) is 63.4 cm³/mol. The van der Waals surface area contributed by atoms with E-state index in [1.165, 1.54) is 18.2 Å². The molecule has 1 aliphatic heterocycles. The van der Waals surface area contributed by atoms with Crippen LogP contribution >= 0.6 is 0 Å². The smallest absolute Gasteiger partial charge is 0.224 e. The maximum Gasteiger partial charge on any atom is 0.244 e. The molecule has 0 spiro atoms. The van der Waals surface area contributed by atoms with Gasteiger partial charge in [-0.25, -0.2) is 25.9 Å². The molecule has 0 bridgehead atoms. The second kappa shape index (κ2) is 4.45. The zero-order valence-electron chi connectivity index (χ0n) is 9.08. The van der Waals surface area contributed by atoms with E-state index in [4.69, 9.17) is 0 Å². The first kappa shape index (κ1) is 13.2. The lowest BCUT2D eigenvalue weighted by atomic mass is 10.3. The van der Waals surface area contributed by atoms with E-state index in [2.05, 4.69) is 4.72 Å². The van der Waals surface area contributed by atoms with Gasteiger partial charge >= 0.3 is 0 Å². The van der Waals surface area contributed by atoms with Crippen LogP contribution in [0.3, 0.4) is 0 Å². The molecule has 5 nitrogen and oxygen atoms in total. The Morgan fingerprint density at radius 2 is 1.94 bits per heavy atom. The third-order valence-electron chi connectivity index (χ3n) is 2.36. The summed E-state index contributed by atoms with van der Waals surface area (Å²) in [6, 6.07) is 4.04. The van der Waals surface area contributed by atoms with Crippen LogP contribution in [0.25, 0.3) is 0 Å². The minimum Gasteiger partial charge on any atom is -0.224 e. The number of sulfone groups is 1. The van der Waals surface area contributed by atoms with E-state index in [9.17, 15) is 21.2 Å². The van der Waals surface area contributed by atoms with E-state index < -0.39 is 36.6 Å². The number of benzene rings is 1. The Hall–Kier alpha value is -1.25. The van der Waals surface area contributed by atoms with Gasteiger partial charge in [-0.1, -0.05) is 18.2 Å². The fourth-order valence-electron chi connectivity index (χ4n) is 1.57. The third kappa shape index (κ3) is 2.77. The van der Waals surface area contributed by atoms with Gasteiger partial charge in [-0.2, -0.15) is 0 Å². The lowest BCUT2D eigenvalue weighted by Gasteiger charge is -2.11. The minimum absolute atomic E-state index is 0.347. The molecule has 1 N–H and O–H groups in total. The number of hydrogen-bond acceptors (Lipinski definition) is 4. The highest BCUT2D eigenvalue weighted by molar-refractivity contribution is 7.94. The summed E-state index contributed by atoms with van der Waals surface area (Å²) in [4.78, 5) is -0.498. The average molecular weight is 291 g/mol. The van der Waals surface area contributed by atoms with Gasteiger partial charge in [-0.05, 0) is 12.1 Å². The molecule has 1 aromatic carbocycles.